The Morgan fingerprint density at radius 1 is 1.24 bits per heavy atom. The molecule has 0 heterocycles. The largest absolute Gasteiger partial charge is 0.490 e. The Morgan fingerprint density at radius 3 is 2.62 bits per heavy atom. The standard InChI is InChI=1S/C24H28ClN3O6/c1-16(24(30)26-19-8-3-4-9-19)27(14-17-6-5-7-18(25)12-17)23(29)15-34-20-10-11-21(28(31)32)22(13-20)33-2/h5-7,10-13,16,19H,3-4,8-9,14-15H2,1-2H3,(H,26,30). The number of halogens is 1. The third-order valence-corrected chi connectivity index (χ3v) is 6.06. The zero-order valence-electron chi connectivity index (χ0n) is 19.2. The Balaban J connectivity index is 1.74. The van der Waals surface area contributed by atoms with Crippen molar-refractivity contribution < 1.29 is 24.0 Å². The lowest BCUT2D eigenvalue weighted by Crippen LogP contribution is -2.50. The predicted octanol–water partition coefficient (Wildman–Crippen LogP) is 4.11. The first-order valence-corrected chi connectivity index (χ1v) is 11.5. The van der Waals surface area contributed by atoms with Gasteiger partial charge in [-0.15, -0.1) is 0 Å². The van der Waals surface area contributed by atoms with Gasteiger partial charge >= 0.3 is 5.69 Å². The van der Waals surface area contributed by atoms with E-state index in [1.54, 1.807) is 25.1 Å². The first-order chi connectivity index (χ1) is 16.3. The van der Waals surface area contributed by atoms with Gasteiger partial charge in [0.2, 0.25) is 11.7 Å². The van der Waals surface area contributed by atoms with Crippen LogP contribution in [0, 0.1) is 10.1 Å². The van der Waals surface area contributed by atoms with Crippen molar-refractivity contribution in [1.82, 2.24) is 10.2 Å². The number of rotatable bonds is 10. The second kappa shape index (κ2) is 11.7. The Kier molecular flexibility index (Phi) is 8.70. The maximum atomic E-state index is 13.2. The average Bonchev–Trinajstić information content (AvgIpc) is 3.33. The summed E-state index contributed by atoms with van der Waals surface area (Å²) >= 11 is 6.10. The van der Waals surface area contributed by atoms with E-state index < -0.39 is 16.9 Å². The summed E-state index contributed by atoms with van der Waals surface area (Å²) in [5.74, 6) is -0.373. The van der Waals surface area contributed by atoms with Crippen LogP contribution in [0.4, 0.5) is 5.69 Å². The van der Waals surface area contributed by atoms with E-state index in [0.717, 1.165) is 31.2 Å². The molecule has 0 bridgehead atoms. The molecule has 1 aliphatic carbocycles. The molecule has 0 aliphatic heterocycles. The molecule has 182 valence electrons. The van der Waals surface area contributed by atoms with Gasteiger partial charge in [-0.05, 0) is 43.5 Å². The molecule has 0 saturated heterocycles. The molecule has 9 nitrogen and oxygen atoms in total. The molecule has 1 unspecified atom stereocenters. The van der Waals surface area contributed by atoms with Crippen LogP contribution in [0.3, 0.4) is 0 Å². The average molecular weight is 490 g/mol. The molecule has 34 heavy (non-hydrogen) atoms. The van der Waals surface area contributed by atoms with Crippen LogP contribution in [-0.2, 0) is 16.1 Å². The second-order valence-electron chi connectivity index (χ2n) is 8.20. The van der Waals surface area contributed by atoms with Crippen molar-refractivity contribution in [3.63, 3.8) is 0 Å². The molecule has 0 spiro atoms. The molecule has 1 fully saturated rings. The first-order valence-electron chi connectivity index (χ1n) is 11.1. The summed E-state index contributed by atoms with van der Waals surface area (Å²) in [6, 6.07) is 10.5. The van der Waals surface area contributed by atoms with Crippen LogP contribution < -0.4 is 14.8 Å². The van der Waals surface area contributed by atoms with Crippen molar-refractivity contribution in [2.45, 2.75) is 51.2 Å². The smallest absolute Gasteiger partial charge is 0.311 e. The summed E-state index contributed by atoms with van der Waals surface area (Å²) < 4.78 is 10.6. The summed E-state index contributed by atoms with van der Waals surface area (Å²) in [5, 5.41) is 14.7. The van der Waals surface area contributed by atoms with Crippen LogP contribution in [-0.4, -0.2) is 47.4 Å². The number of ether oxygens (including phenoxy) is 2. The van der Waals surface area contributed by atoms with Crippen molar-refractivity contribution in [3.8, 4) is 11.5 Å². The van der Waals surface area contributed by atoms with E-state index in [1.807, 2.05) is 6.07 Å². The maximum Gasteiger partial charge on any atom is 0.311 e. The number of carbonyl (C=O) groups excluding carboxylic acids is 2. The van der Waals surface area contributed by atoms with Crippen molar-refractivity contribution in [2.24, 2.45) is 0 Å². The van der Waals surface area contributed by atoms with E-state index in [1.165, 1.54) is 30.2 Å². The van der Waals surface area contributed by atoms with Gasteiger partial charge in [0.1, 0.15) is 11.8 Å². The van der Waals surface area contributed by atoms with Gasteiger partial charge in [0.05, 0.1) is 12.0 Å². The zero-order chi connectivity index (χ0) is 24.7. The molecule has 1 atom stereocenters. The molecule has 1 N–H and O–H groups in total. The Morgan fingerprint density at radius 2 is 1.97 bits per heavy atom. The fourth-order valence-electron chi connectivity index (χ4n) is 3.93. The number of amides is 2. The molecule has 2 aromatic rings. The molecular weight excluding hydrogens is 462 g/mol. The lowest BCUT2D eigenvalue weighted by Gasteiger charge is -2.29. The van der Waals surface area contributed by atoms with Gasteiger partial charge < -0.3 is 19.7 Å². The molecule has 0 radical (unpaired) electrons. The van der Waals surface area contributed by atoms with E-state index in [-0.39, 0.29) is 42.3 Å². The number of hydrogen-bond donors (Lipinski definition) is 1. The number of nitrogens with one attached hydrogen (secondary N) is 1. The number of nitrogens with zero attached hydrogens (tertiary/aromatic N) is 2. The van der Waals surface area contributed by atoms with E-state index in [9.17, 15) is 19.7 Å². The predicted molar refractivity (Wildman–Crippen MR) is 127 cm³/mol. The lowest BCUT2D eigenvalue weighted by molar-refractivity contribution is -0.385. The van der Waals surface area contributed by atoms with E-state index >= 15 is 0 Å². The van der Waals surface area contributed by atoms with Crippen LogP contribution in [0.2, 0.25) is 5.02 Å². The Labute approximate surface area is 203 Å². The van der Waals surface area contributed by atoms with Gasteiger partial charge in [-0.2, -0.15) is 0 Å². The fraction of sp³-hybridized carbons (Fsp3) is 0.417. The number of methoxy groups -OCH3 is 1. The highest BCUT2D eigenvalue weighted by atomic mass is 35.5. The molecule has 1 saturated carbocycles. The van der Waals surface area contributed by atoms with E-state index in [0.29, 0.717) is 5.02 Å². The van der Waals surface area contributed by atoms with Crippen molar-refractivity contribution >= 4 is 29.1 Å². The lowest BCUT2D eigenvalue weighted by atomic mass is 10.1. The highest BCUT2D eigenvalue weighted by Crippen LogP contribution is 2.30. The number of hydrogen-bond acceptors (Lipinski definition) is 6. The normalized spacial score (nSPS) is 14.3. The number of benzene rings is 2. The van der Waals surface area contributed by atoms with Crippen molar-refractivity contribution in [1.29, 1.82) is 0 Å². The summed E-state index contributed by atoms with van der Waals surface area (Å²) in [6.45, 7) is 1.50. The minimum Gasteiger partial charge on any atom is -0.490 e. The maximum absolute atomic E-state index is 13.2. The summed E-state index contributed by atoms with van der Waals surface area (Å²) in [6.07, 6.45) is 4.03. The van der Waals surface area contributed by atoms with Crippen molar-refractivity contribution in [3.05, 3.63) is 63.2 Å². The van der Waals surface area contributed by atoms with Gasteiger partial charge in [-0.1, -0.05) is 36.6 Å². The molecule has 10 heteroatoms. The molecular formula is C24H28ClN3O6. The van der Waals surface area contributed by atoms with Gasteiger partial charge in [0.15, 0.2) is 6.61 Å². The van der Waals surface area contributed by atoms with Crippen molar-refractivity contribution in [2.75, 3.05) is 13.7 Å². The number of carbonyl (C=O) groups is 2. The number of nitro groups is 1. The summed E-state index contributed by atoms with van der Waals surface area (Å²) in [7, 11) is 1.31. The van der Waals surface area contributed by atoms with Crippen LogP contribution in [0.25, 0.3) is 0 Å². The van der Waals surface area contributed by atoms with Crippen LogP contribution >= 0.6 is 11.6 Å². The van der Waals surface area contributed by atoms with Gasteiger partial charge in [0.25, 0.3) is 5.91 Å². The molecule has 3 rings (SSSR count). The van der Waals surface area contributed by atoms with Gasteiger partial charge in [0, 0.05) is 29.7 Å². The molecule has 1 aliphatic rings. The third-order valence-electron chi connectivity index (χ3n) is 5.82. The summed E-state index contributed by atoms with van der Waals surface area (Å²) in [5.41, 5.74) is 0.569. The molecule has 2 amide bonds. The third kappa shape index (κ3) is 6.60. The van der Waals surface area contributed by atoms with Crippen LogP contribution in [0.15, 0.2) is 42.5 Å². The first kappa shape index (κ1) is 25.3. The highest BCUT2D eigenvalue weighted by Gasteiger charge is 2.29. The highest BCUT2D eigenvalue weighted by molar-refractivity contribution is 6.30. The minimum absolute atomic E-state index is 0.0232. The fourth-order valence-corrected chi connectivity index (χ4v) is 4.15. The van der Waals surface area contributed by atoms with E-state index in [2.05, 4.69) is 5.32 Å². The van der Waals surface area contributed by atoms with Gasteiger partial charge in [-0.3, -0.25) is 19.7 Å². The van der Waals surface area contributed by atoms with Gasteiger partial charge in [-0.25, -0.2) is 0 Å². The molecule has 2 aromatic carbocycles. The topological polar surface area (TPSA) is 111 Å². The van der Waals surface area contributed by atoms with Crippen LogP contribution in [0.5, 0.6) is 11.5 Å². The Hall–Kier alpha value is -3.33. The Bertz CT molecular complexity index is 1040. The second-order valence-corrected chi connectivity index (χ2v) is 8.63. The van der Waals surface area contributed by atoms with E-state index in [4.69, 9.17) is 21.1 Å². The monoisotopic (exact) mass is 489 g/mol. The summed E-state index contributed by atoms with van der Waals surface area (Å²) in [4.78, 5) is 38.0. The quantitative estimate of drug-likeness (QED) is 0.397. The SMILES string of the molecule is COc1cc(OCC(=O)N(Cc2cccc(Cl)c2)C(C)C(=O)NC2CCCC2)ccc1[N+](=O)[O-]. The minimum atomic E-state index is -0.734. The zero-order valence-corrected chi connectivity index (χ0v) is 19.9. The number of nitro benzene ring substituents is 1. The van der Waals surface area contributed by atoms with Crippen LogP contribution in [0.1, 0.15) is 38.2 Å². The molecule has 0 aromatic heterocycles.